The number of morpholine rings is 1. The van der Waals surface area contributed by atoms with Crippen molar-refractivity contribution in [1.82, 2.24) is 15.0 Å². The molecule has 1 fully saturated rings. The standard InChI is InChI=1S/C25H35N5O4S2/c1-14(31)11-30(12-15(2)32)22-20-19(26-24(28-22)35-5)18-16-10-25(3,4)34-13-17(16)21(27-23(18)36-20)29-6-8-33-9-7-29/h14-15,31-32H,6-13H2,1-5H3/t14-,15-/m0/s1. The minimum absolute atomic E-state index is 0.291. The van der Waals surface area contributed by atoms with Gasteiger partial charge in [0.1, 0.15) is 10.6 Å². The largest absolute Gasteiger partial charge is 0.392 e. The van der Waals surface area contributed by atoms with Crippen molar-refractivity contribution in [2.45, 2.75) is 63.7 Å². The zero-order valence-electron chi connectivity index (χ0n) is 21.6. The molecular weight excluding hydrogens is 498 g/mol. The summed E-state index contributed by atoms with van der Waals surface area (Å²) in [4.78, 5) is 20.2. The van der Waals surface area contributed by atoms with Gasteiger partial charge in [-0.25, -0.2) is 15.0 Å². The fraction of sp³-hybridized carbons (Fsp3) is 0.640. The molecule has 5 heterocycles. The van der Waals surface area contributed by atoms with Gasteiger partial charge in [0, 0.05) is 43.5 Å². The van der Waals surface area contributed by atoms with Gasteiger partial charge in [0.2, 0.25) is 0 Å². The lowest BCUT2D eigenvalue weighted by Crippen LogP contribution is -2.39. The minimum atomic E-state index is -0.572. The Morgan fingerprint density at radius 1 is 1.08 bits per heavy atom. The molecule has 5 rings (SSSR count). The number of thioether (sulfide) groups is 1. The van der Waals surface area contributed by atoms with Gasteiger partial charge >= 0.3 is 0 Å². The summed E-state index contributed by atoms with van der Waals surface area (Å²) in [7, 11) is 0. The monoisotopic (exact) mass is 533 g/mol. The number of aromatic nitrogens is 3. The summed E-state index contributed by atoms with van der Waals surface area (Å²) in [6.45, 7) is 12.0. The number of hydrogen-bond acceptors (Lipinski definition) is 11. The van der Waals surface area contributed by atoms with E-state index in [1.54, 1.807) is 25.2 Å². The van der Waals surface area contributed by atoms with Crippen LogP contribution < -0.4 is 9.80 Å². The first-order chi connectivity index (χ1) is 17.2. The Bertz CT molecular complexity index is 1250. The number of anilines is 2. The van der Waals surface area contributed by atoms with E-state index in [0.717, 1.165) is 57.1 Å². The average Bonchev–Trinajstić information content (AvgIpc) is 3.20. The van der Waals surface area contributed by atoms with Crippen LogP contribution in [0.5, 0.6) is 0 Å². The highest BCUT2D eigenvalue weighted by Crippen LogP contribution is 2.45. The summed E-state index contributed by atoms with van der Waals surface area (Å²) >= 11 is 3.08. The van der Waals surface area contributed by atoms with Crippen molar-refractivity contribution < 1.29 is 19.7 Å². The van der Waals surface area contributed by atoms with Gasteiger partial charge in [0.25, 0.3) is 0 Å². The molecule has 11 heteroatoms. The molecular formula is C25H35N5O4S2. The lowest BCUT2D eigenvalue weighted by atomic mass is 9.90. The number of nitrogens with zero attached hydrogens (tertiary/aromatic N) is 5. The van der Waals surface area contributed by atoms with Crippen molar-refractivity contribution in [2.75, 3.05) is 55.4 Å². The number of pyridine rings is 1. The second-order valence-corrected chi connectivity index (χ2v) is 12.1. The fourth-order valence-electron chi connectivity index (χ4n) is 5.05. The first-order valence-electron chi connectivity index (χ1n) is 12.4. The van der Waals surface area contributed by atoms with E-state index in [9.17, 15) is 10.2 Å². The summed E-state index contributed by atoms with van der Waals surface area (Å²) in [6, 6.07) is 0. The Morgan fingerprint density at radius 3 is 2.42 bits per heavy atom. The van der Waals surface area contributed by atoms with E-state index in [4.69, 9.17) is 24.4 Å². The maximum Gasteiger partial charge on any atom is 0.189 e. The number of aliphatic hydroxyl groups is 2. The summed E-state index contributed by atoms with van der Waals surface area (Å²) in [5.41, 5.74) is 2.98. The Balaban J connectivity index is 1.78. The van der Waals surface area contributed by atoms with Crippen LogP contribution in [0, 0.1) is 0 Å². The van der Waals surface area contributed by atoms with Gasteiger partial charge in [-0.15, -0.1) is 11.3 Å². The molecule has 2 atom stereocenters. The van der Waals surface area contributed by atoms with E-state index in [1.807, 2.05) is 11.2 Å². The predicted octanol–water partition coefficient (Wildman–Crippen LogP) is 3.22. The van der Waals surface area contributed by atoms with E-state index >= 15 is 0 Å². The lowest BCUT2D eigenvalue weighted by molar-refractivity contribution is -0.0396. The van der Waals surface area contributed by atoms with Gasteiger partial charge in [-0.3, -0.25) is 0 Å². The van der Waals surface area contributed by atoms with Crippen molar-refractivity contribution in [1.29, 1.82) is 0 Å². The van der Waals surface area contributed by atoms with Crippen LogP contribution in [-0.2, 0) is 22.5 Å². The Morgan fingerprint density at radius 2 is 1.78 bits per heavy atom. The van der Waals surface area contributed by atoms with E-state index in [0.29, 0.717) is 38.1 Å². The van der Waals surface area contributed by atoms with E-state index < -0.39 is 12.2 Å². The molecule has 3 aromatic heterocycles. The van der Waals surface area contributed by atoms with Crippen molar-refractivity contribution >= 4 is 55.2 Å². The molecule has 0 aliphatic carbocycles. The molecule has 1 saturated heterocycles. The molecule has 2 aliphatic heterocycles. The van der Waals surface area contributed by atoms with Crippen molar-refractivity contribution in [3.8, 4) is 0 Å². The SMILES string of the molecule is CSc1nc(N(C[C@H](C)O)C[C@H](C)O)c2sc3nc(N4CCOCC4)c4c(c3c2n1)CC(C)(C)OC4. The van der Waals surface area contributed by atoms with Crippen molar-refractivity contribution in [3.05, 3.63) is 11.1 Å². The second-order valence-electron chi connectivity index (χ2n) is 10.3. The predicted molar refractivity (Wildman–Crippen MR) is 146 cm³/mol. The molecule has 0 unspecified atom stereocenters. The third kappa shape index (κ3) is 5.01. The van der Waals surface area contributed by atoms with Crippen LogP contribution in [-0.4, -0.2) is 88.6 Å². The molecule has 0 spiro atoms. The third-order valence-corrected chi connectivity index (χ3v) is 8.21. The van der Waals surface area contributed by atoms with E-state index in [1.165, 1.54) is 17.3 Å². The molecule has 3 aromatic rings. The number of fused-ring (bicyclic) bond motifs is 5. The molecule has 9 nitrogen and oxygen atoms in total. The number of ether oxygens (including phenoxy) is 2. The van der Waals surface area contributed by atoms with Crippen LogP contribution >= 0.6 is 23.1 Å². The molecule has 0 radical (unpaired) electrons. The highest BCUT2D eigenvalue weighted by atomic mass is 32.2. The quantitative estimate of drug-likeness (QED) is 0.347. The highest BCUT2D eigenvalue weighted by molar-refractivity contribution is 7.98. The minimum Gasteiger partial charge on any atom is -0.392 e. The Kier molecular flexibility index (Phi) is 7.32. The summed E-state index contributed by atoms with van der Waals surface area (Å²) in [5.74, 6) is 1.72. The molecule has 0 saturated carbocycles. The zero-order chi connectivity index (χ0) is 25.6. The summed E-state index contributed by atoms with van der Waals surface area (Å²) in [6.07, 6.45) is 1.59. The smallest absolute Gasteiger partial charge is 0.189 e. The first-order valence-corrected chi connectivity index (χ1v) is 14.5. The Hall–Kier alpha value is -1.76. The number of aliphatic hydroxyl groups excluding tert-OH is 2. The third-order valence-electron chi connectivity index (χ3n) is 6.59. The van der Waals surface area contributed by atoms with Gasteiger partial charge < -0.3 is 29.5 Å². The van der Waals surface area contributed by atoms with Gasteiger partial charge in [-0.05, 0) is 39.5 Å². The van der Waals surface area contributed by atoms with Crippen LogP contribution in [0.25, 0.3) is 20.4 Å². The first kappa shape index (κ1) is 25.9. The van der Waals surface area contributed by atoms with E-state index in [-0.39, 0.29) is 5.60 Å². The summed E-state index contributed by atoms with van der Waals surface area (Å²) in [5, 5.41) is 22.2. The maximum atomic E-state index is 10.2. The normalized spacial score (nSPS) is 19.5. The topological polar surface area (TPSA) is 104 Å². The van der Waals surface area contributed by atoms with Gasteiger partial charge in [-0.2, -0.15) is 0 Å². The van der Waals surface area contributed by atoms with Crippen LogP contribution in [0.3, 0.4) is 0 Å². The number of rotatable bonds is 7. The van der Waals surface area contributed by atoms with E-state index in [2.05, 4.69) is 18.7 Å². The molecule has 0 amide bonds. The molecule has 36 heavy (non-hydrogen) atoms. The lowest BCUT2D eigenvalue weighted by Gasteiger charge is -2.36. The highest BCUT2D eigenvalue weighted by Gasteiger charge is 2.34. The van der Waals surface area contributed by atoms with Gasteiger partial charge in [-0.1, -0.05) is 11.8 Å². The molecule has 0 aromatic carbocycles. The number of thiophene rings is 1. The average molecular weight is 534 g/mol. The molecule has 196 valence electrons. The fourth-order valence-corrected chi connectivity index (χ4v) is 6.57. The van der Waals surface area contributed by atoms with Crippen LogP contribution in [0.2, 0.25) is 0 Å². The van der Waals surface area contributed by atoms with Gasteiger partial charge in [0.05, 0.1) is 47.8 Å². The van der Waals surface area contributed by atoms with Gasteiger partial charge in [0.15, 0.2) is 11.0 Å². The van der Waals surface area contributed by atoms with Crippen molar-refractivity contribution in [3.63, 3.8) is 0 Å². The summed E-state index contributed by atoms with van der Waals surface area (Å²) < 4.78 is 12.8. The number of hydrogen-bond donors (Lipinski definition) is 2. The molecule has 0 bridgehead atoms. The second kappa shape index (κ2) is 10.2. The maximum absolute atomic E-state index is 10.2. The zero-order valence-corrected chi connectivity index (χ0v) is 23.2. The van der Waals surface area contributed by atoms with Crippen LogP contribution in [0.1, 0.15) is 38.8 Å². The molecule has 2 aliphatic rings. The van der Waals surface area contributed by atoms with Crippen LogP contribution in [0.15, 0.2) is 5.16 Å². The van der Waals surface area contributed by atoms with Crippen molar-refractivity contribution in [2.24, 2.45) is 0 Å². The Labute approximate surface area is 219 Å². The van der Waals surface area contributed by atoms with Crippen LogP contribution in [0.4, 0.5) is 11.6 Å². The molecule has 2 N–H and O–H groups in total.